The Kier molecular flexibility index (Phi) is 12.3. The molecular formula is C18H31N3O2S. The molecule has 6 heteroatoms. The van der Waals surface area contributed by atoms with Crippen LogP contribution in [-0.4, -0.2) is 58.3 Å². The van der Waals surface area contributed by atoms with Crippen molar-refractivity contribution in [2.75, 3.05) is 52.3 Å². The van der Waals surface area contributed by atoms with Gasteiger partial charge in [0.15, 0.2) is 5.96 Å². The number of rotatable bonds is 12. The molecule has 0 aliphatic carbocycles. The maximum Gasteiger partial charge on any atom is 0.191 e. The molecular weight excluding hydrogens is 322 g/mol. The summed E-state index contributed by atoms with van der Waals surface area (Å²) in [6, 6.07) is 8.64. The fraction of sp³-hybridized carbons (Fsp3) is 0.611. The minimum Gasteiger partial charge on any atom is -0.382 e. The first-order valence-corrected chi connectivity index (χ1v) is 9.53. The van der Waals surface area contributed by atoms with Crippen molar-refractivity contribution in [3.63, 3.8) is 0 Å². The number of aliphatic imine (C=N–C) groups is 1. The molecule has 2 N–H and O–H groups in total. The van der Waals surface area contributed by atoms with Gasteiger partial charge in [0.2, 0.25) is 0 Å². The van der Waals surface area contributed by atoms with Crippen LogP contribution in [0.2, 0.25) is 0 Å². The van der Waals surface area contributed by atoms with E-state index in [2.05, 4.69) is 53.7 Å². The molecule has 0 saturated heterocycles. The molecule has 0 bridgehead atoms. The van der Waals surface area contributed by atoms with Crippen molar-refractivity contribution in [2.24, 2.45) is 4.99 Å². The van der Waals surface area contributed by atoms with Crippen molar-refractivity contribution in [3.8, 4) is 0 Å². The summed E-state index contributed by atoms with van der Waals surface area (Å²) in [5.41, 5.74) is 1.30. The number of hydrogen-bond donors (Lipinski definition) is 2. The van der Waals surface area contributed by atoms with Crippen LogP contribution in [0.4, 0.5) is 0 Å². The van der Waals surface area contributed by atoms with Crippen LogP contribution in [0.3, 0.4) is 0 Å². The first-order chi connectivity index (χ1) is 11.8. The highest BCUT2D eigenvalue weighted by molar-refractivity contribution is 7.99. The van der Waals surface area contributed by atoms with Crippen molar-refractivity contribution >= 4 is 17.7 Å². The number of guanidine groups is 1. The summed E-state index contributed by atoms with van der Waals surface area (Å²) >= 11 is 1.85. The summed E-state index contributed by atoms with van der Waals surface area (Å²) in [6.45, 7) is 8.70. The van der Waals surface area contributed by atoms with E-state index in [1.54, 1.807) is 7.11 Å². The van der Waals surface area contributed by atoms with E-state index in [4.69, 9.17) is 9.47 Å². The summed E-state index contributed by atoms with van der Waals surface area (Å²) in [7, 11) is 1.68. The van der Waals surface area contributed by atoms with Crippen LogP contribution in [0.5, 0.6) is 0 Å². The molecule has 1 rings (SSSR count). The molecule has 0 fully saturated rings. The van der Waals surface area contributed by atoms with E-state index in [0.29, 0.717) is 13.2 Å². The third-order valence-corrected chi connectivity index (χ3v) is 4.19. The molecule has 0 aliphatic heterocycles. The molecule has 0 aromatic heterocycles. The fourth-order valence-electron chi connectivity index (χ4n) is 1.92. The number of benzene rings is 1. The number of hydrogen-bond acceptors (Lipinski definition) is 4. The zero-order valence-corrected chi connectivity index (χ0v) is 16.0. The third-order valence-electron chi connectivity index (χ3n) is 3.18. The third kappa shape index (κ3) is 10.5. The smallest absolute Gasteiger partial charge is 0.191 e. The van der Waals surface area contributed by atoms with Gasteiger partial charge in [-0.15, -0.1) is 11.8 Å². The molecule has 136 valence electrons. The van der Waals surface area contributed by atoms with E-state index in [9.17, 15) is 0 Å². The summed E-state index contributed by atoms with van der Waals surface area (Å²) in [5, 5.41) is 6.64. The summed E-state index contributed by atoms with van der Waals surface area (Å²) in [4.78, 5) is 5.86. The molecule has 24 heavy (non-hydrogen) atoms. The normalized spacial score (nSPS) is 11.5. The Morgan fingerprint density at radius 3 is 2.62 bits per heavy atom. The highest BCUT2D eigenvalue weighted by Gasteiger charge is 1.98. The van der Waals surface area contributed by atoms with Crippen molar-refractivity contribution in [2.45, 2.75) is 25.2 Å². The van der Waals surface area contributed by atoms with E-state index in [1.165, 1.54) is 10.5 Å². The molecule has 0 aliphatic rings. The van der Waals surface area contributed by atoms with Crippen LogP contribution in [0.1, 0.15) is 18.9 Å². The van der Waals surface area contributed by atoms with Gasteiger partial charge in [-0.3, -0.25) is 4.99 Å². The number of nitrogens with one attached hydrogen (secondary N) is 2. The van der Waals surface area contributed by atoms with Gasteiger partial charge >= 0.3 is 0 Å². The lowest BCUT2D eigenvalue weighted by atomic mass is 10.2. The molecule has 0 heterocycles. The zero-order chi connectivity index (χ0) is 17.5. The highest BCUT2D eigenvalue weighted by atomic mass is 32.2. The van der Waals surface area contributed by atoms with E-state index in [-0.39, 0.29) is 0 Å². The Labute approximate surface area is 150 Å². The topological polar surface area (TPSA) is 54.9 Å². The average molecular weight is 354 g/mol. The lowest BCUT2D eigenvalue weighted by Crippen LogP contribution is -2.38. The molecule has 0 saturated carbocycles. The van der Waals surface area contributed by atoms with Crippen LogP contribution in [-0.2, 0) is 9.47 Å². The van der Waals surface area contributed by atoms with Crippen molar-refractivity contribution < 1.29 is 9.47 Å². The Bertz CT molecular complexity index is 452. The number of methoxy groups -OCH3 is 1. The summed E-state index contributed by atoms with van der Waals surface area (Å²) in [5.74, 6) is 1.88. The molecule has 1 aromatic carbocycles. The second kappa shape index (κ2) is 14.1. The molecule has 5 nitrogen and oxygen atoms in total. The second-order valence-corrected chi connectivity index (χ2v) is 6.48. The lowest BCUT2D eigenvalue weighted by molar-refractivity contribution is 0.0702. The van der Waals surface area contributed by atoms with Crippen LogP contribution in [0.15, 0.2) is 34.2 Å². The van der Waals surface area contributed by atoms with Crippen LogP contribution in [0.25, 0.3) is 0 Å². The number of thioether (sulfide) groups is 1. The highest BCUT2D eigenvalue weighted by Crippen LogP contribution is 2.17. The van der Waals surface area contributed by atoms with E-state index < -0.39 is 0 Å². The first-order valence-electron chi connectivity index (χ1n) is 8.54. The van der Waals surface area contributed by atoms with E-state index >= 15 is 0 Å². The van der Waals surface area contributed by atoms with E-state index in [1.807, 2.05) is 11.8 Å². The molecule has 1 aromatic rings. The van der Waals surface area contributed by atoms with Gasteiger partial charge in [0, 0.05) is 44.0 Å². The maximum absolute atomic E-state index is 5.43. The minimum atomic E-state index is 0.645. The summed E-state index contributed by atoms with van der Waals surface area (Å²) in [6.07, 6.45) is 0.915. The number of ether oxygens (including phenoxy) is 2. The quantitative estimate of drug-likeness (QED) is 0.262. The SMILES string of the molecule is CCNC(=NCCCOCCOC)NCCSc1ccc(C)cc1. The minimum absolute atomic E-state index is 0.645. The van der Waals surface area contributed by atoms with Crippen LogP contribution >= 0.6 is 11.8 Å². The number of aryl methyl sites for hydroxylation is 1. The van der Waals surface area contributed by atoms with Crippen LogP contribution in [0, 0.1) is 6.92 Å². The largest absolute Gasteiger partial charge is 0.382 e. The second-order valence-electron chi connectivity index (χ2n) is 5.31. The predicted octanol–water partition coefficient (Wildman–Crippen LogP) is 2.70. The molecule has 0 unspecified atom stereocenters. The Morgan fingerprint density at radius 2 is 1.92 bits per heavy atom. The Morgan fingerprint density at radius 1 is 1.12 bits per heavy atom. The molecule has 0 radical (unpaired) electrons. The number of nitrogens with zero attached hydrogens (tertiary/aromatic N) is 1. The lowest BCUT2D eigenvalue weighted by Gasteiger charge is -2.11. The Balaban J connectivity index is 2.17. The van der Waals surface area contributed by atoms with Gasteiger partial charge < -0.3 is 20.1 Å². The monoisotopic (exact) mass is 353 g/mol. The van der Waals surface area contributed by atoms with Gasteiger partial charge in [0.1, 0.15) is 0 Å². The van der Waals surface area contributed by atoms with Gasteiger partial charge in [-0.25, -0.2) is 0 Å². The fourth-order valence-corrected chi connectivity index (χ4v) is 2.68. The molecule has 0 amide bonds. The van der Waals surface area contributed by atoms with Gasteiger partial charge in [-0.1, -0.05) is 17.7 Å². The first kappa shape index (κ1) is 20.8. The van der Waals surface area contributed by atoms with E-state index in [0.717, 1.165) is 44.4 Å². The summed E-state index contributed by atoms with van der Waals surface area (Å²) < 4.78 is 10.4. The van der Waals surface area contributed by atoms with Gasteiger partial charge in [-0.05, 0) is 32.4 Å². The molecule has 0 spiro atoms. The maximum atomic E-state index is 5.43. The van der Waals surface area contributed by atoms with Gasteiger partial charge in [0.25, 0.3) is 0 Å². The van der Waals surface area contributed by atoms with Crippen LogP contribution < -0.4 is 10.6 Å². The molecule has 0 atom stereocenters. The van der Waals surface area contributed by atoms with Gasteiger partial charge in [0.05, 0.1) is 13.2 Å². The Hall–Kier alpha value is -1.24. The standard InChI is InChI=1S/C18H31N3O2S/c1-4-19-18(20-10-5-12-23-14-13-22-3)21-11-15-24-17-8-6-16(2)7-9-17/h6-9H,4-5,10-15H2,1-3H3,(H2,19,20,21). The van der Waals surface area contributed by atoms with Crippen molar-refractivity contribution in [1.29, 1.82) is 0 Å². The van der Waals surface area contributed by atoms with Crippen molar-refractivity contribution in [3.05, 3.63) is 29.8 Å². The zero-order valence-electron chi connectivity index (χ0n) is 15.1. The average Bonchev–Trinajstić information content (AvgIpc) is 2.59. The predicted molar refractivity (Wildman–Crippen MR) is 103 cm³/mol. The van der Waals surface area contributed by atoms with Crippen molar-refractivity contribution in [1.82, 2.24) is 10.6 Å². The van der Waals surface area contributed by atoms with Gasteiger partial charge in [-0.2, -0.15) is 0 Å².